The highest BCUT2D eigenvalue weighted by atomic mass is 15.5. The molecule has 25 heavy (non-hydrogen) atoms. The average molecular weight is 347 g/mol. The van der Waals surface area contributed by atoms with E-state index in [1.807, 2.05) is 18.7 Å². The number of unbranched alkanes of at least 4 members (excludes halogenated alkanes) is 1. The number of hydrogen-bond donors (Lipinski definition) is 0. The summed E-state index contributed by atoms with van der Waals surface area (Å²) in [7, 11) is 4.19. The minimum absolute atomic E-state index is 0.525. The van der Waals surface area contributed by atoms with Gasteiger partial charge in [0.2, 0.25) is 0 Å². The molecule has 138 valence electrons. The SMILES string of the molecule is CCCCn1nnnc1CN1CC[C@H](N(C)Cc2nnc(C)n2C)C1. The highest BCUT2D eigenvalue weighted by Crippen LogP contribution is 2.18. The van der Waals surface area contributed by atoms with E-state index < -0.39 is 0 Å². The van der Waals surface area contributed by atoms with Crippen molar-refractivity contribution < 1.29 is 0 Å². The van der Waals surface area contributed by atoms with E-state index in [-0.39, 0.29) is 0 Å². The van der Waals surface area contributed by atoms with Gasteiger partial charge in [0.25, 0.3) is 0 Å². The average Bonchev–Trinajstić information content (AvgIpc) is 3.31. The minimum Gasteiger partial charge on any atom is -0.317 e. The largest absolute Gasteiger partial charge is 0.317 e. The minimum atomic E-state index is 0.525. The van der Waals surface area contributed by atoms with Gasteiger partial charge < -0.3 is 4.57 Å². The van der Waals surface area contributed by atoms with Gasteiger partial charge in [0.15, 0.2) is 5.82 Å². The van der Waals surface area contributed by atoms with Gasteiger partial charge in [-0.3, -0.25) is 9.80 Å². The quantitative estimate of drug-likeness (QED) is 0.692. The fourth-order valence-corrected chi connectivity index (χ4v) is 3.27. The highest BCUT2D eigenvalue weighted by Gasteiger charge is 2.27. The molecular formula is C16H29N9. The molecule has 0 aliphatic carbocycles. The third kappa shape index (κ3) is 4.21. The third-order valence-electron chi connectivity index (χ3n) is 5.14. The van der Waals surface area contributed by atoms with Crippen LogP contribution in [0.4, 0.5) is 0 Å². The van der Waals surface area contributed by atoms with Crippen LogP contribution in [-0.4, -0.2) is 71.0 Å². The Bertz CT molecular complexity index is 677. The summed E-state index contributed by atoms with van der Waals surface area (Å²) in [6.45, 7) is 8.83. The van der Waals surface area contributed by atoms with Crippen LogP contribution in [0.1, 0.15) is 43.7 Å². The van der Waals surface area contributed by atoms with Crippen molar-refractivity contribution >= 4 is 0 Å². The molecule has 0 amide bonds. The number of nitrogens with zero attached hydrogens (tertiary/aromatic N) is 9. The summed E-state index contributed by atoms with van der Waals surface area (Å²) in [5.74, 6) is 2.94. The van der Waals surface area contributed by atoms with E-state index in [2.05, 4.69) is 54.1 Å². The van der Waals surface area contributed by atoms with Gasteiger partial charge in [-0.2, -0.15) is 0 Å². The lowest BCUT2D eigenvalue weighted by Crippen LogP contribution is -2.35. The molecule has 9 heteroatoms. The van der Waals surface area contributed by atoms with Crippen molar-refractivity contribution in [1.29, 1.82) is 0 Å². The molecule has 0 spiro atoms. The summed E-state index contributed by atoms with van der Waals surface area (Å²) >= 11 is 0. The Morgan fingerprint density at radius 1 is 1.20 bits per heavy atom. The van der Waals surface area contributed by atoms with Gasteiger partial charge >= 0.3 is 0 Å². The summed E-state index contributed by atoms with van der Waals surface area (Å²) in [5, 5.41) is 20.6. The van der Waals surface area contributed by atoms with Crippen LogP contribution in [-0.2, 0) is 26.7 Å². The fourth-order valence-electron chi connectivity index (χ4n) is 3.27. The molecule has 1 saturated heterocycles. The molecule has 1 fully saturated rings. The molecule has 1 aliphatic heterocycles. The predicted molar refractivity (Wildman–Crippen MR) is 93.6 cm³/mol. The van der Waals surface area contributed by atoms with Gasteiger partial charge in [-0.15, -0.1) is 15.3 Å². The van der Waals surface area contributed by atoms with Crippen molar-refractivity contribution in [2.45, 2.75) is 58.8 Å². The summed E-state index contributed by atoms with van der Waals surface area (Å²) in [4.78, 5) is 4.82. The number of likely N-dealkylation sites (tertiary alicyclic amines) is 1. The topological polar surface area (TPSA) is 80.8 Å². The van der Waals surface area contributed by atoms with Gasteiger partial charge in [-0.25, -0.2) is 4.68 Å². The first-order chi connectivity index (χ1) is 12.1. The van der Waals surface area contributed by atoms with Crippen molar-refractivity contribution in [1.82, 2.24) is 44.8 Å². The molecule has 0 aromatic carbocycles. The van der Waals surface area contributed by atoms with Gasteiger partial charge in [0, 0.05) is 32.7 Å². The zero-order valence-corrected chi connectivity index (χ0v) is 15.8. The Morgan fingerprint density at radius 3 is 2.76 bits per heavy atom. The standard InChI is InChI=1S/C16H29N9/c1-5-6-8-25-16(19-20-21-25)12-24-9-7-14(10-24)22(3)11-15-18-17-13(2)23(15)4/h14H,5-12H2,1-4H3/t14-/m0/s1. The van der Waals surface area contributed by atoms with E-state index in [9.17, 15) is 0 Å². The number of tetrazole rings is 1. The van der Waals surface area contributed by atoms with Gasteiger partial charge in [-0.1, -0.05) is 13.3 Å². The summed E-state index contributed by atoms with van der Waals surface area (Å²) in [5.41, 5.74) is 0. The number of hydrogen-bond acceptors (Lipinski definition) is 7. The first-order valence-corrected chi connectivity index (χ1v) is 9.11. The van der Waals surface area contributed by atoms with E-state index in [1.54, 1.807) is 0 Å². The first kappa shape index (κ1) is 17.9. The predicted octanol–water partition coefficient (Wildman–Crippen LogP) is 0.616. The van der Waals surface area contributed by atoms with Crippen LogP contribution in [0.5, 0.6) is 0 Å². The van der Waals surface area contributed by atoms with Crippen molar-refractivity contribution in [3.05, 3.63) is 17.5 Å². The second kappa shape index (κ2) is 8.01. The molecule has 3 heterocycles. The van der Waals surface area contributed by atoms with Crippen LogP contribution in [0.15, 0.2) is 0 Å². The zero-order valence-electron chi connectivity index (χ0n) is 15.8. The normalized spacial score (nSPS) is 18.5. The second-order valence-electron chi connectivity index (χ2n) is 6.99. The molecule has 0 N–H and O–H groups in total. The fraction of sp³-hybridized carbons (Fsp3) is 0.812. The molecule has 0 radical (unpaired) electrons. The number of aryl methyl sites for hydroxylation is 2. The number of rotatable bonds is 8. The Labute approximate surface area is 149 Å². The molecule has 1 aliphatic rings. The maximum atomic E-state index is 4.27. The van der Waals surface area contributed by atoms with Crippen LogP contribution in [0.25, 0.3) is 0 Å². The summed E-state index contributed by atoms with van der Waals surface area (Å²) in [6.07, 6.45) is 3.42. The smallest absolute Gasteiger partial charge is 0.165 e. The second-order valence-corrected chi connectivity index (χ2v) is 6.99. The van der Waals surface area contributed by atoms with E-state index in [0.717, 1.165) is 69.5 Å². The van der Waals surface area contributed by atoms with E-state index in [0.29, 0.717) is 6.04 Å². The molecule has 1 atom stereocenters. The van der Waals surface area contributed by atoms with Crippen molar-refractivity contribution in [2.24, 2.45) is 7.05 Å². The van der Waals surface area contributed by atoms with Crippen molar-refractivity contribution in [2.75, 3.05) is 20.1 Å². The van der Waals surface area contributed by atoms with Crippen molar-refractivity contribution in [3.8, 4) is 0 Å². The summed E-state index contributed by atoms with van der Waals surface area (Å²) in [6, 6.07) is 0.525. The van der Waals surface area contributed by atoms with Crippen LogP contribution in [0.2, 0.25) is 0 Å². The molecule has 2 aromatic heterocycles. The zero-order chi connectivity index (χ0) is 17.8. The van der Waals surface area contributed by atoms with Crippen LogP contribution in [0, 0.1) is 6.92 Å². The number of aromatic nitrogens is 7. The maximum absolute atomic E-state index is 4.27. The van der Waals surface area contributed by atoms with Gasteiger partial charge in [-0.05, 0) is 37.2 Å². The highest BCUT2D eigenvalue weighted by molar-refractivity contribution is 4.94. The van der Waals surface area contributed by atoms with E-state index in [4.69, 9.17) is 0 Å². The van der Waals surface area contributed by atoms with Crippen LogP contribution >= 0.6 is 0 Å². The molecule has 0 unspecified atom stereocenters. The molecule has 2 aromatic rings. The molecule has 3 rings (SSSR count). The van der Waals surface area contributed by atoms with Gasteiger partial charge in [0.05, 0.1) is 13.1 Å². The Hall–Kier alpha value is -1.87. The molecule has 0 saturated carbocycles. The Balaban J connectivity index is 1.53. The lowest BCUT2D eigenvalue weighted by atomic mass is 10.2. The third-order valence-corrected chi connectivity index (χ3v) is 5.14. The van der Waals surface area contributed by atoms with Gasteiger partial charge in [0.1, 0.15) is 11.6 Å². The molecule has 0 bridgehead atoms. The lowest BCUT2D eigenvalue weighted by molar-refractivity contribution is 0.214. The Morgan fingerprint density at radius 2 is 2.04 bits per heavy atom. The van der Waals surface area contributed by atoms with Crippen LogP contribution in [0.3, 0.4) is 0 Å². The van der Waals surface area contributed by atoms with E-state index >= 15 is 0 Å². The van der Waals surface area contributed by atoms with Crippen LogP contribution < -0.4 is 0 Å². The lowest BCUT2D eigenvalue weighted by Gasteiger charge is -2.24. The number of likely N-dealkylation sites (N-methyl/N-ethyl adjacent to an activating group) is 1. The first-order valence-electron chi connectivity index (χ1n) is 9.11. The summed E-state index contributed by atoms with van der Waals surface area (Å²) < 4.78 is 4.01. The molecule has 9 nitrogen and oxygen atoms in total. The van der Waals surface area contributed by atoms with E-state index in [1.165, 1.54) is 0 Å². The monoisotopic (exact) mass is 347 g/mol. The molecular weight excluding hydrogens is 318 g/mol. The Kier molecular flexibility index (Phi) is 5.74. The maximum Gasteiger partial charge on any atom is 0.165 e. The van der Waals surface area contributed by atoms with Crippen molar-refractivity contribution in [3.63, 3.8) is 0 Å².